The monoisotopic (exact) mass is 507 g/mol. The maximum Gasteiger partial charge on any atom is 0.269 e. The number of benzene rings is 3. The molecule has 0 bridgehead atoms. The normalized spacial score (nSPS) is 11.6. The number of para-hydroxylation sites is 1. The molecule has 0 fully saturated rings. The number of aromatic nitrogens is 3. The zero-order valence-electron chi connectivity index (χ0n) is 19.2. The molecule has 4 rings (SSSR count). The van der Waals surface area contributed by atoms with Crippen LogP contribution >= 0.6 is 11.8 Å². The quantitative estimate of drug-likeness (QED) is 0.185. The second kappa shape index (κ2) is 11.5. The molecule has 1 atom stereocenters. The van der Waals surface area contributed by atoms with Gasteiger partial charge in [0.15, 0.2) is 17.6 Å². The first-order chi connectivity index (χ1) is 17.4. The fourth-order valence-corrected chi connectivity index (χ4v) is 4.28. The van der Waals surface area contributed by atoms with Crippen molar-refractivity contribution in [2.24, 2.45) is 0 Å². The molecule has 9 nitrogen and oxygen atoms in total. The van der Waals surface area contributed by atoms with Crippen LogP contribution in [0.2, 0.25) is 0 Å². The highest BCUT2D eigenvalue weighted by Gasteiger charge is 2.22. The van der Waals surface area contributed by atoms with Gasteiger partial charge >= 0.3 is 0 Å². The smallest absolute Gasteiger partial charge is 0.269 e. The summed E-state index contributed by atoms with van der Waals surface area (Å²) < 4.78 is 20.5. The first kappa shape index (κ1) is 24.9. The molecule has 184 valence electrons. The average molecular weight is 508 g/mol. The third-order valence-electron chi connectivity index (χ3n) is 5.14. The number of halogens is 1. The lowest BCUT2D eigenvalue weighted by Crippen LogP contribution is -2.32. The summed E-state index contributed by atoms with van der Waals surface area (Å²) in [5.74, 6) is 0.857. The maximum absolute atomic E-state index is 13.2. The number of ether oxygens (including phenoxy) is 1. The van der Waals surface area contributed by atoms with Gasteiger partial charge in [-0.2, -0.15) is 0 Å². The van der Waals surface area contributed by atoms with E-state index in [-0.39, 0.29) is 24.0 Å². The molecule has 1 heterocycles. The SMILES string of the molecule is CC(NC(=O)COc1ccccc1)c1nnc(SCc2ccc(F)cc2)n1-c1ccc([N+](=O)[O-])cc1. The van der Waals surface area contributed by atoms with Crippen molar-refractivity contribution in [3.8, 4) is 11.4 Å². The molecule has 4 aromatic rings. The predicted molar refractivity (Wildman–Crippen MR) is 132 cm³/mol. The van der Waals surface area contributed by atoms with Gasteiger partial charge in [-0.1, -0.05) is 42.1 Å². The fraction of sp³-hybridized carbons (Fsp3) is 0.160. The Bertz CT molecular complexity index is 1330. The number of carbonyl (C=O) groups excluding carboxylic acids is 1. The predicted octanol–water partition coefficient (Wildman–Crippen LogP) is 4.86. The first-order valence-electron chi connectivity index (χ1n) is 11.0. The first-order valence-corrected chi connectivity index (χ1v) is 11.9. The molecule has 1 amide bonds. The number of rotatable bonds is 10. The van der Waals surface area contributed by atoms with Gasteiger partial charge in [0.2, 0.25) is 0 Å². The lowest BCUT2D eigenvalue weighted by Gasteiger charge is -2.16. The van der Waals surface area contributed by atoms with Crippen molar-refractivity contribution in [3.05, 3.63) is 106 Å². The number of nitrogens with one attached hydrogen (secondary N) is 1. The molecule has 0 radical (unpaired) electrons. The van der Waals surface area contributed by atoms with Crippen LogP contribution < -0.4 is 10.1 Å². The van der Waals surface area contributed by atoms with E-state index in [0.29, 0.717) is 28.2 Å². The van der Waals surface area contributed by atoms with Crippen molar-refractivity contribution in [1.29, 1.82) is 0 Å². The minimum Gasteiger partial charge on any atom is -0.484 e. The third kappa shape index (κ3) is 6.25. The van der Waals surface area contributed by atoms with E-state index in [0.717, 1.165) is 5.56 Å². The van der Waals surface area contributed by atoms with E-state index in [1.54, 1.807) is 47.9 Å². The Morgan fingerprint density at radius 1 is 1.08 bits per heavy atom. The second-order valence-electron chi connectivity index (χ2n) is 7.76. The van der Waals surface area contributed by atoms with Gasteiger partial charge in [-0.25, -0.2) is 4.39 Å². The zero-order chi connectivity index (χ0) is 25.5. The molecule has 0 saturated heterocycles. The van der Waals surface area contributed by atoms with Crippen molar-refractivity contribution in [2.45, 2.75) is 23.9 Å². The summed E-state index contributed by atoms with van der Waals surface area (Å²) in [4.78, 5) is 23.1. The lowest BCUT2D eigenvalue weighted by atomic mass is 10.2. The summed E-state index contributed by atoms with van der Waals surface area (Å²) in [5.41, 5.74) is 1.44. The van der Waals surface area contributed by atoms with Crippen LogP contribution in [0.5, 0.6) is 5.75 Å². The number of hydrogen-bond donors (Lipinski definition) is 1. The Hall–Kier alpha value is -4.25. The number of nitro benzene ring substituents is 1. The summed E-state index contributed by atoms with van der Waals surface area (Å²) in [6.45, 7) is 1.59. The number of nitrogens with zero attached hydrogens (tertiary/aromatic N) is 4. The third-order valence-corrected chi connectivity index (χ3v) is 6.14. The Morgan fingerprint density at radius 3 is 2.44 bits per heavy atom. The summed E-state index contributed by atoms with van der Waals surface area (Å²) in [6, 6.07) is 20.6. The van der Waals surface area contributed by atoms with E-state index in [2.05, 4.69) is 15.5 Å². The number of hydrogen-bond acceptors (Lipinski definition) is 7. The molecule has 0 aliphatic heterocycles. The molecule has 1 unspecified atom stereocenters. The summed E-state index contributed by atoms with van der Waals surface area (Å²) >= 11 is 1.37. The summed E-state index contributed by atoms with van der Waals surface area (Å²) in [7, 11) is 0. The van der Waals surface area contributed by atoms with Crippen LogP contribution in [-0.4, -0.2) is 32.2 Å². The number of amides is 1. The van der Waals surface area contributed by atoms with Crippen molar-refractivity contribution in [3.63, 3.8) is 0 Å². The maximum atomic E-state index is 13.2. The van der Waals surface area contributed by atoms with Crippen molar-refractivity contribution in [1.82, 2.24) is 20.1 Å². The Balaban J connectivity index is 1.54. The molecular formula is C25H22FN5O4S. The summed E-state index contributed by atoms with van der Waals surface area (Å²) in [5, 5.41) is 23.0. The van der Waals surface area contributed by atoms with E-state index in [1.165, 1.54) is 36.0 Å². The highest BCUT2D eigenvalue weighted by molar-refractivity contribution is 7.98. The number of carbonyl (C=O) groups is 1. The lowest BCUT2D eigenvalue weighted by molar-refractivity contribution is -0.384. The molecule has 11 heteroatoms. The minimum absolute atomic E-state index is 0.0479. The molecule has 0 spiro atoms. The number of nitro groups is 1. The standard InChI is InChI=1S/C25H22FN5O4S/c1-17(27-23(32)15-35-22-5-3-2-4-6-22)24-28-29-25(36-16-18-7-9-19(26)10-8-18)30(24)20-11-13-21(14-12-20)31(33)34/h2-14,17H,15-16H2,1H3,(H,27,32). The van der Waals surface area contributed by atoms with Crippen LogP contribution in [0.3, 0.4) is 0 Å². The largest absolute Gasteiger partial charge is 0.484 e. The second-order valence-corrected chi connectivity index (χ2v) is 8.70. The Morgan fingerprint density at radius 2 is 1.78 bits per heavy atom. The molecule has 0 aliphatic carbocycles. The number of thioether (sulfide) groups is 1. The van der Waals surface area contributed by atoms with Crippen LogP contribution in [0, 0.1) is 15.9 Å². The molecule has 0 saturated carbocycles. The van der Waals surface area contributed by atoms with Gasteiger partial charge in [0.05, 0.1) is 11.0 Å². The molecule has 36 heavy (non-hydrogen) atoms. The topological polar surface area (TPSA) is 112 Å². The molecule has 3 aromatic carbocycles. The van der Waals surface area contributed by atoms with Crippen LogP contribution in [-0.2, 0) is 10.5 Å². The van der Waals surface area contributed by atoms with Crippen LogP contribution in [0.15, 0.2) is 84.0 Å². The van der Waals surface area contributed by atoms with Crippen molar-refractivity contribution < 1.29 is 18.8 Å². The highest BCUT2D eigenvalue weighted by Crippen LogP contribution is 2.28. The Labute approximate surface area is 210 Å². The highest BCUT2D eigenvalue weighted by atomic mass is 32.2. The van der Waals surface area contributed by atoms with E-state index in [1.807, 2.05) is 18.2 Å². The van der Waals surface area contributed by atoms with E-state index in [4.69, 9.17) is 4.74 Å². The van der Waals surface area contributed by atoms with Crippen molar-refractivity contribution >= 4 is 23.4 Å². The van der Waals surface area contributed by atoms with Gasteiger partial charge in [-0.15, -0.1) is 10.2 Å². The Kier molecular flexibility index (Phi) is 7.91. The van der Waals surface area contributed by atoms with Gasteiger partial charge < -0.3 is 10.1 Å². The van der Waals surface area contributed by atoms with Crippen LogP contribution in [0.1, 0.15) is 24.4 Å². The van der Waals surface area contributed by atoms with Gasteiger partial charge in [0.1, 0.15) is 11.6 Å². The molecule has 1 aromatic heterocycles. The van der Waals surface area contributed by atoms with Crippen molar-refractivity contribution in [2.75, 3.05) is 6.61 Å². The van der Waals surface area contributed by atoms with Gasteiger partial charge in [-0.05, 0) is 48.9 Å². The van der Waals surface area contributed by atoms with E-state index in [9.17, 15) is 19.3 Å². The number of non-ortho nitro benzene ring substituents is 1. The van der Waals surface area contributed by atoms with E-state index >= 15 is 0 Å². The van der Waals surface area contributed by atoms with Gasteiger partial charge in [0, 0.05) is 23.6 Å². The van der Waals surface area contributed by atoms with Crippen LogP contribution in [0.25, 0.3) is 5.69 Å². The van der Waals surface area contributed by atoms with E-state index < -0.39 is 11.0 Å². The summed E-state index contributed by atoms with van der Waals surface area (Å²) in [6.07, 6.45) is 0. The fourth-order valence-electron chi connectivity index (χ4n) is 3.36. The van der Waals surface area contributed by atoms with Gasteiger partial charge in [-0.3, -0.25) is 19.5 Å². The molecular weight excluding hydrogens is 485 g/mol. The van der Waals surface area contributed by atoms with Crippen LogP contribution in [0.4, 0.5) is 10.1 Å². The minimum atomic E-state index is -0.542. The molecule has 1 N–H and O–H groups in total. The van der Waals surface area contributed by atoms with Gasteiger partial charge in [0.25, 0.3) is 11.6 Å². The average Bonchev–Trinajstić information content (AvgIpc) is 3.32. The molecule has 0 aliphatic rings. The zero-order valence-corrected chi connectivity index (χ0v) is 20.0.